The van der Waals surface area contributed by atoms with E-state index in [2.05, 4.69) is 15.9 Å². The average Bonchev–Trinajstić information content (AvgIpc) is 2.30. The first-order valence-corrected chi connectivity index (χ1v) is 6.64. The molecule has 5 nitrogen and oxygen atoms in total. The molecule has 0 aromatic heterocycles. The highest BCUT2D eigenvalue weighted by Gasteiger charge is 2.43. The number of benzene rings is 1. The number of nitro groups is 1. The number of nitrogens with zero attached hydrogens (tertiary/aromatic N) is 1. The van der Waals surface area contributed by atoms with Gasteiger partial charge in [0.25, 0.3) is 0 Å². The van der Waals surface area contributed by atoms with Gasteiger partial charge in [0.2, 0.25) is 5.75 Å². The predicted molar refractivity (Wildman–Crippen MR) is 70.2 cm³/mol. The molecule has 2 rings (SSSR count). The summed E-state index contributed by atoms with van der Waals surface area (Å²) in [6, 6.07) is 1.93. The van der Waals surface area contributed by atoms with Crippen molar-refractivity contribution in [1.82, 2.24) is 0 Å². The number of nitro benzene ring substituents is 1. The summed E-state index contributed by atoms with van der Waals surface area (Å²) in [6.07, 6.45) is -0.202. The van der Waals surface area contributed by atoms with E-state index >= 15 is 0 Å². The van der Waals surface area contributed by atoms with E-state index in [-0.39, 0.29) is 27.8 Å². The summed E-state index contributed by atoms with van der Waals surface area (Å²) < 4.78 is 24.0. The number of methoxy groups -OCH3 is 1. The van der Waals surface area contributed by atoms with Crippen molar-refractivity contribution < 1.29 is 18.8 Å². The maximum Gasteiger partial charge on any atom is 0.315 e. The molecule has 0 bridgehead atoms. The minimum Gasteiger partial charge on any atom is -0.480 e. The van der Waals surface area contributed by atoms with Gasteiger partial charge in [-0.15, -0.1) is 11.6 Å². The molecule has 0 spiro atoms. The van der Waals surface area contributed by atoms with Gasteiger partial charge in [-0.1, -0.05) is 0 Å². The Morgan fingerprint density at radius 3 is 2.79 bits per heavy atom. The van der Waals surface area contributed by atoms with Crippen molar-refractivity contribution in [3.8, 4) is 5.75 Å². The maximum absolute atomic E-state index is 13.2. The van der Waals surface area contributed by atoms with Crippen molar-refractivity contribution in [2.45, 2.75) is 24.0 Å². The van der Waals surface area contributed by atoms with E-state index < -0.39 is 16.4 Å². The molecule has 1 fully saturated rings. The van der Waals surface area contributed by atoms with E-state index in [1.807, 2.05) is 0 Å². The fourth-order valence-corrected chi connectivity index (χ4v) is 2.85. The molecular weight excluding hydrogens is 344 g/mol. The van der Waals surface area contributed by atoms with E-state index in [9.17, 15) is 14.5 Å². The second kappa shape index (κ2) is 5.60. The van der Waals surface area contributed by atoms with Crippen LogP contribution in [0.15, 0.2) is 16.6 Å². The second-order valence-electron chi connectivity index (χ2n) is 4.10. The quantitative estimate of drug-likeness (QED) is 0.473. The van der Waals surface area contributed by atoms with Gasteiger partial charge in [0.05, 0.1) is 20.8 Å². The van der Waals surface area contributed by atoms with Crippen LogP contribution < -0.4 is 4.74 Å². The summed E-state index contributed by atoms with van der Waals surface area (Å²) in [5.74, 6) is -0.722. The number of alkyl halides is 1. The molecular formula is C11H10BrClFNO4. The third kappa shape index (κ3) is 2.82. The average molecular weight is 355 g/mol. The van der Waals surface area contributed by atoms with Crippen molar-refractivity contribution in [3.05, 3.63) is 32.5 Å². The summed E-state index contributed by atoms with van der Waals surface area (Å²) >= 11 is 8.99. The molecule has 104 valence electrons. The highest BCUT2D eigenvalue weighted by molar-refractivity contribution is 9.10. The van der Waals surface area contributed by atoms with Crippen molar-refractivity contribution in [1.29, 1.82) is 0 Å². The van der Waals surface area contributed by atoms with Crippen LogP contribution in [0.2, 0.25) is 0 Å². The number of rotatable bonds is 4. The van der Waals surface area contributed by atoms with Crippen molar-refractivity contribution in [2.75, 3.05) is 7.11 Å². The van der Waals surface area contributed by atoms with Crippen LogP contribution in [0.4, 0.5) is 10.1 Å². The third-order valence-electron chi connectivity index (χ3n) is 2.91. The second-order valence-corrected chi connectivity index (χ2v) is 5.52. The minimum absolute atomic E-state index is 0.0120. The molecule has 0 saturated heterocycles. The van der Waals surface area contributed by atoms with Crippen LogP contribution in [0.25, 0.3) is 0 Å². The van der Waals surface area contributed by atoms with Crippen molar-refractivity contribution in [2.24, 2.45) is 0 Å². The molecule has 3 atom stereocenters. The van der Waals surface area contributed by atoms with Crippen LogP contribution in [-0.2, 0) is 4.74 Å². The van der Waals surface area contributed by atoms with Gasteiger partial charge in [-0.05, 0) is 22.0 Å². The van der Waals surface area contributed by atoms with Crippen LogP contribution in [0.3, 0.4) is 0 Å². The molecule has 3 unspecified atom stereocenters. The van der Waals surface area contributed by atoms with Crippen LogP contribution >= 0.6 is 27.5 Å². The van der Waals surface area contributed by atoms with Gasteiger partial charge in [-0.2, -0.15) is 0 Å². The molecule has 1 aromatic rings. The minimum atomic E-state index is -0.710. The third-order valence-corrected chi connectivity index (χ3v) is 3.92. The summed E-state index contributed by atoms with van der Waals surface area (Å²) in [5.41, 5.74) is -0.431. The molecule has 1 aliphatic carbocycles. The van der Waals surface area contributed by atoms with Crippen LogP contribution in [-0.4, -0.2) is 29.6 Å². The van der Waals surface area contributed by atoms with E-state index in [1.165, 1.54) is 7.11 Å². The van der Waals surface area contributed by atoms with Gasteiger partial charge in [0, 0.05) is 13.5 Å². The van der Waals surface area contributed by atoms with Gasteiger partial charge >= 0.3 is 5.69 Å². The Morgan fingerprint density at radius 2 is 2.26 bits per heavy atom. The Morgan fingerprint density at radius 1 is 1.58 bits per heavy atom. The molecule has 0 heterocycles. The normalized spacial score (nSPS) is 25.8. The number of halogens is 3. The molecule has 1 saturated carbocycles. The lowest BCUT2D eigenvalue weighted by atomic mass is 9.91. The number of hydrogen-bond acceptors (Lipinski definition) is 4. The summed E-state index contributed by atoms with van der Waals surface area (Å²) in [7, 11) is 1.49. The first kappa shape index (κ1) is 14.5. The van der Waals surface area contributed by atoms with E-state index in [4.69, 9.17) is 21.1 Å². The summed E-state index contributed by atoms with van der Waals surface area (Å²) in [4.78, 5) is 10.2. The first-order valence-electron chi connectivity index (χ1n) is 5.41. The van der Waals surface area contributed by atoms with Crippen LogP contribution in [0, 0.1) is 15.9 Å². The molecule has 1 aromatic carbocycles. The lowest BCUT2D eigenvalue weighted by Gasteiger charge is -2.39. The molecule has 8 heteroatoms. The maximum atomic E-state index is 13.2. The topological polar surface area (TPSA) is 61.6 Å². The smallest absolute Gasteiger partial charge is 0.315 e. The Hall–Kier alpha value is -0.920. The Balaban J connectivity index is 2.27. The zero-order chi connectivity index (χ0) is 14.2. The lowest BCUT2D eigenvalue weighted by molar-refractivity contribution is -0.386. The van der Waals surface area contributed by atoms with Crippen molar-refractivity contribution >= 4 is 33.2 Å². The van der Waals surface area contributed by atoms with Crippen LogP contribution in [0.5, 0.6) is 5.75 Å². The standard InChI is InChI=1S/C11H10BrClFNO4/c1-18-11-7(13)4-9(11)19-10-6(12)2-5(14)3-8(10)15(16)17/h2-3,7,9,11H,4H2,1H3. The number of hydrogen-bond donors (Lipinski definition) is 0. The van der Waals surface area contributed by atoms with Crippen molar-refractivity contribution in [3.63, 3.8) is 0 Å². The van der Waals surface area contributed by atoms with E-state index in [1.54, 1.807) is 0 Å². The molecule has 0 radical (unpaired) electrons. The molecule has 0 amide bonds. The highest BCUT2D eigenvalue weighted by Crippen LogP contribution is 2.40. The summed E-state index contributed by atoms with van der Waals surface area (Å²) in [5, 5.41) is 10.7. The van der Waals surface area contributed by atoms with Gasteiger partial charge in [-0.3, -0.25) is 10.1 Å². The largest absolute Gasteiger partial charge is 0.480 e. The zero-order valence-corrected chi connectivity index (χ0v) is 12.1. The van der Waals surface area contributed by atoms with E-state index in [0.29, 0.717) is 6.42 Å². The molecule has 19 heavy (non-hydrogen) atoms. The molecule has 1 aliphatic rings. The Kier molecular flexibility index (Phi) is 4.27. The molecule has 0 N–H and O–H groups in total. The SMILES string of the molecule is COC1C(Cl)CC1Oc1c(Br)cc(F)cc1[N+](=O)[O-]. The predicted octanol–water partition coefficient (Wildman–Crippen LogP) is 3.27. The van der Waals surface area contributed by atoms with E-state index in [0.717, 1.165) is 12.1 Å². The fraction of sp³-hybridized carbons (Fsp3) is 0.455. The fourth-order valence-electron chi connectivity index (χ4n) is 1.89. The Bertz CT molecular complexity index is 516. The van der Waals surface area contributed by atoms with Gasteiger partial charge in [0.15, 0.2) is 0 Å². The zero-order valence-electron chi connectivity index (χ0n) is 9.81. The van der Waals surface area contributed by atoms with Crippen LogP contribution in [0.1, 0.15) is 6.42 Å². The number of ether oxygens (including phenoxy) is 2. The first-order chi connectivity index (χ1) is 8.93. The highest BCUT2D eigenvalue weighted by atomic mass is 79.9. The monoisotopic (exact) mass is 353 g/mol. The van der Waals surface area contributed by atoms with Gasteiger partial charge in [-0.25, -0.2) is 4.39 Å². The Labute approximate surface area is 121 Å². The molecule has 0 aliphatic heterocycles. The summed E-state index contributed by atoms with van der Waals surface area (Å²) in [6.45, 7) is 0. The lowest BCUT2D eigenvalue weighted by Crippen LogP contribution is -2.52. The van der Waals surface area contributed by atoms with Gasteiger partial charge in [0.1, 0.15) is 18.0 Å². The van der Waals surface area contributed by atoms with Gasteiger partial charge < -0.3 is 9.47 Å².